The van der Waals surface area contributed by atoms with Crippen LogP contribution in [0.1, 0.15) is 12.5 Å². The van der Waals surface area contributed by atoms with Gasteiger partial charge in [-0.1, -0.05) is 0 Å². The Labute approximate surface area is 141 Å². The van der Waals surface area contributed by atoms with Gasteiger partial charge in [-0.15, -0.1) is 5.10 Å². The molecule has 9 heteroatoms. The number of amidine groups is 1. The standard InChI is InChI=1S/C15H14FN3O4S/c1-3-23-11-6-10(16)5-4-9(11)8-17-19-15-18-14(21)12(24-15)7-13(20)22-2/h4-8H,3H2,1-2H3,(H,18,19,21)/b12-7+,17-8?. The van der Waals surface area contributed by atoms with Crippen LogP contribution in [0.3, 0.4) is 0 Å². The Morgan fingerprint density at radius 1 is 1.46 bits per heavy atom. The largest absolute Gasteiger partial charge is 0.493 e. The first-order valence-electron chi connectivity index (χ1n) is 6.85. The van der Waals surface area contributed by atoms with Crippen molar-refractivity contribution in [3.63, 3.8) is 0 Å². The van der Waals surface area contributed by atoms with Crippen molar-refractivity contribution in [3.05, 3.63) is 40.6 Å². The van der Waals surface area contributed by atoms with Gasteiger partial charge < -0.3 is 9.47 Å². The fraction of sp³-hybridized carbons (Fsp3) is 0.200. The van der Waals surface area contributed by atoms with Crippen LogP contribution in [0.4, 0.5) is 4.39 Å². The molecule has 0 atom stereocenters. The van der Waals surface area contributed by atoms with Gasteiger partial charge in [-0.3, -0.25) is 10.1 Å². The number of methoxy groups -OCH3 is 1. The minimum atomic E-state index is -0.634. The Morgan fingerprint density at radius 3 is 2.96 bits per heavy atom. The van der Waals surface area contributed by atoms with Gasteiger partial charge in [0.05, 0.1) is 24.8 Å². The van der Waals surface area contributed by atoms with Crippen LogP contribution in [0.15, 0.2) is 39.4 Å². The maximum absolute atomic E-state index is 13.2. The molecule has 7 nitrogen and oxygen atoms in total. The van der Waals surface area contributed by atoms with Crippen LogP contribution in [0.2, 0.25) is 0 Å². The lowest BCUT2D eigenvalue weighted by molar-refractivity contribution is -0.135. The van der Waals surface area contributed by atoms with Crippen LogP contribution < -0.4 is 10.1 Å². The van der Waals surface area contributed by atoms with E-state index in [2.05, 4.69) is 20.3 Å². The van der Waals surface area contributed by atoms with Crippen LogP contribution in [0.5, 0.6) is 5.75 Å². The highest BCUT2D eigenvalue weighted by atomic mass is 32.2. The van der Waals surface area contributed by atoms with Crippen molar-refractivity contribution in [2.24, 2.45) is 10.2 Å². The van der Waals surface area contributed by atoms with E-state index in [1.54, 1.807) is 6.92 Å². The third-order valence-corrected chi connectivity index (χ3v) is 3.62. The molecular formula is C15H14FN3O4S. The van der Waals surface area contributed by atoms with Crippen molar-refractivity contribution < 1.29 is 23.5 Å². The first kappa shape index (κ1) is 17.7. The third kappa shape index (κ3) is 4.66. The van der Waals surface area contributed by atoms with Crippen molar-refractivity contribution >= 4 is 35.0 Å². The Bertz CT molecular complexity index is 746. The van der Waals surface area contributed by atoms with E-state index in [1.165, 1.54) is 31.5 Å². The molecule has 1 saturated heterocycles. The van der Waals surface area contributed by atoms with E-state index in [9.17, 15) is 14.0 Å². The number of esters is 1. The highest BCUT2D eigenvalue weighted by Gasteiger charge is 2.24. The Kier molecular flexibility index (Phi) is 6.07. The van der Waals surface area contributed by atoms with E-state index < -0.39 is 17.7 Å². The van der Waals surface area contributed by atoms with Crippen molar-refractivity contribution in [2.75, 3.05) is 13.7 Å². The lowest BCUT2D eigenvalue weighted by atomic mass is 10.2. The number of carbonyl (C=O) groups is 2. The maximum Gasteiger partial charge on any atom is 0.331 e. The van der Waals surface area contributed by atoms with Gasteiger partial charge in [-0.05, 0) is 30.8 Å². The van der Waals surface area contributed by atoms with E-state index in [0.717, 1.165) is 17.8 Å². The summed E-state index contributed by atoms with van der Waals surface area (Å²) >= 11 is 0.959. The molecule has 1 aromatic carbocycles. The molecule has 1 aliphatic heterocycles. The van der Waals surface area contributed by atoms with Crippen molar-refractivity contribution in [1.82, 2.24) is 5.32 Å². The number of nitrogens with one attached hydrogen (secondary N) is 1. The summed E-state index contributed by atoms with van der Waals surface area (Å²) < 4.78 is 23.0. The minimum absolute atomic E-state index is 0.160. The van der Waals surface area contributed by atoms with Crippen LogP contribution in [0, 0.1) is 5.82 Å². The van der Waals surface area contributed by atoms with Crippen molar-refractivity contribution in [3.8, 4) is 5.75 Å². The number of halogens is 1. The zero-order chi connectivity index (χ0) is 17.5. The van der Waals surface area contributed by atoms with Crippen LogP contribution >= 0.6 is 11.8 Å². The van der Waals surface area contributed by atoms with E-state index >= 15 is 0 Å². The van der Waals surface area contributed by atoms with Gasteiger partial charge in [0.1, 0.15) is 11.6 Å². The lowest BCUT2D eigenvalue weighted by Gasteiger charge is -2.05. The summed E-state index contributed by atoms with van der Waals surface area (Å²) in [6.07, 6.45) is 2.45. The monoisotopic (exact) mass is 351 g/mol. The summed E-state index contributed by atoms with van der Waals surface area (Å²) in [5.74, 6) is -1.17. The SMILES string of the molecule is CCOc1cc(F)ccc1C=N/N=C1/NC(=O)/C(=C\C(=O)OC)S1. The quantitative estimate of drug-likeness (QED) is 0.378. The zero-order valence-electron chi connectivity index (χ0n) is 12.9. The molecule has 126 valence electrons. The molecule has 1 aromatic rings. The van der Waals surface area contributed by atoms with Gasteiger partial charge in [0.25, 0.3) is 5.91 Å². The molecule has 1 fully saturated rings. The van der Waals surface area contributed by atoms with E-state index in [-0.39, 0.29) is 10.1 Å². The Balaban J connectivity index is 2.11. The fourth-order valence-electron chi connectivity index (χ4n) is 1.68. The van der Waals surface area contributed by atoms with E-state index in [4.69, 9.17) is 4.74 Å². The number of ether oxygens (including phenoxy) is 2. The first-order valence-corrected chi connectivity index (χ1v) is 7.67. The van der Waals surface area contributed by atoms with Crippen molar-refractivity contribution in [1.29, 1.82) is 0 Å². The number of carbonyl (C=O) groups excluding carboxylic acids is 2. The van der Waals surface area contributed by atoms with Gasteiger partial charge >= 0.3 is 5.97 Å². The van der Waals surface area contributed by atoms with E-state index in [1.807, 2.05) is 0 Å². The topological polar surface area (TPSA) is 89.4 Å². The Morgan fingerprint density at radius 2 is 2.25 bits per heavy atom. The van der Waals surface area contributed by atoms with Crippen LogP contribution in [-0.2, 0) is 14.3 Å². The summed E-state index contributed by atoms with van der Waals surface area (Å²) in [5, 5.41) is 10.4. The molecule has 1 heterocycles. The molecule has 0 aromatic heterocycles. The molecule has 0 saturated carbocycles. The minimum Gasteiger partial charge on any atom is -0.493 e. The molecule has 0 unspecified atom stereocenters. The molecule has 0 radical (unpaired) electrons. The second-order valence-corrected chi connectivity index (χ2v) is 5.38. The lowest BCUT2D eigenvalue weighted by Crippen LogP contribution is -2.19. The summed E-state index contributed by atoms with van der Waals surface area (Å²) in [5.41, 5.74) is 0.544. The molecule has 1 N–H and O–H groups in total. The first-order chi connectivity index (χ1) is 11.5. The molecule has 1 aliphatic rings. The second-order valence-electron chi connectivity index (χ2n) is 4.35. The Hall–Kier alpha value is -2.68. The molecule has 2 rings (SSSR count). The number of hydrogen-bond donors (Lipinski definition) is 1. The number of rotatable bonds is 5. The normalized spacial score (nSPS) is 17.5. The average molecular weight is 351 g/mol. The van der Waals surface area contributed by atoms with E-state index in [0.29, 0.717) is 17.9 Å². The fourth-order valence-corrected chi connectivity index (χ4v) is 2.42. The predicted molar refractivity (Wildman–Crippen MR) is 88.4 cm³/mol. The smallest absolute Gasteiger partial charge is 0.331 e. The number of amides is 1. The predicted octanol–water partition coefficient (Wildman–Crippen LogP) is 1.83. The average Bonchev–Trinajstić information content (AvgIpc) is 2.89. The number of hydrogen-bond acceptors (Lipinski definition) is 7. The van der Waals surface area contributed by atoms with Gasteiger partial charge in [-0.2, -0.15) is 5.10 Å². The molecule has 0 spiro atoms. The highest BCUT2D eigenvalue weighted by molar-refractivity contribution is 8.18. The summed E-state index contributed by atoms with van der Waals surface area (Å²) in [4.78, 5) is 22.9. The molecule has 0 aliphatic carbocycles. The molecule has 0 bridgehead atoms. The van der Waals surface area contributed by atoms with Gasteiger partial charge in [0, 0.05) is 17.7 Å². The van der Waals surface area contributed by atoms with Gasteiger partial charge in [0.15, 0.2) is 5.17 Å². The van der Waals surface area contributed by atoms with Gasteiger partial charge in [0.2, 0.25) is 0 Å². The highest BCUT2D eigenvalue weighted by Crippen LogP contribution is 2.23. The van der Waals surface area contributed by atoms with Gasteiger partial charge in [-0.25, -0.2) is 9.18 Å². The maximum atomic E-state index is 13.2. The summed E-state index contributed by atoms with van der Waals surface area (Å²) in [7, 11) is 1.22. The summed E-state index contributed by atoms with van der Waals surface area (Å²) in [6, 6.07) is 4.04. The molecule has 24 heavy (non-hydrogen) atoms. The molecule has 1 amide bonds. The zero-order valence-corrected chi connectivity index (χ0v) is 13.7. The summed E-state index contributed by atoms with van der Waals surface area (Å²) in [6.45, 7) is 2.17. The third-order valence-electron chi connectivity index (χ3n) is 2.72. The second kappa shape index (κ2) is 8.25. The number of thioether (sulfide) groups is 1. The number of nitrogens with zero attached hydrogens (tertiary/aromatic N) is 2. The van der Waals surface area contributed by atoms with Crippen LogP contribution in [0.25, 0.3) is 0 Å². The van der Waals surface area contributed by atoms with Crippen molar-refractivity contribution in [2.45, 2.75) is 6.92 Å². The van der Waals surface area contributed by atoms with Crippen LogP contribution in [-0.4, -0.2) is 37.0 Å². The number of benzene rings is 1. The molecular weight excluding hydrogens is 337 g/mol.